The van der Waals surface area contributed by atoms with E-state index in [9.17, 15) is 4.79 Å². The lowest BCUT2D eigenvalue weighted by molar-refractivity contribution is 0.102. The van der Waals surface area contributed by atoms with Crippen LogP contribution in [0.4, 0.5) is 11.5 Å². The molecular formula is C13H13N5O. The van der Waals surface area contributed by atoms with Crippen LogP contribution in [-0.4, -0.2) is 21.1 Å². The Morgan fingerprint density at radius 1 is 1.42 bits per heavy atom. The van der Waals surface area contributed by atoms with Crippen LogP contribution in [-0.2, 0) is 0 Å². The van der Waals surface area contributed by atoms with Gasteiger partial charge in [-0.15, -0.1) is 0 Å². The maximum atomic E-state index is 12.2. The molecule has 96 valence electrons. The molecule has 0 aliphatic rings. The minimum absolute atomic E-state index is 0.191. The predicted molar refractivity (Wildman–Crippen MR) is 74.0 cm³/mol. The molecule has 0 atom stereocenters. The highest BCUT2D eigenvalue weighted by Crippen LogP contribution is 2.21. The highest BCUT2D eigenvalue weighted by atomic mass is 16.1. The summed E-state index contributed by atoms with van der Waals surface area (Å²) in [5.74, 6) is 0.415. The maximum Gasteiger partial charge on any atom is 0.258 e. The molecule has 0 bridgehead atoms. The van der Waals surface area contributed by atoms with Crippen molar-refractivity contribution in [3.63, 3.8) is 0 Å². The first-order chi connectivity index (χ1) is 9.15. The van der Waals surface area contributed by atoms with E-state index < -0.39 is 0 Å². The number of rotatable bonds is 2. The van der Waals surface area contributed by atoms with E-state index in [0.717, 1.165) is 16.5 Å². The highest BCUT2D eigenvalue weighted by molar-refractivity contribution is 6.12. The first kappa shape index (κ1) is 11.3. The molecule has 2 aromatic heterocycles. The number of fused-ring (bicyclic) bond motifs is 1. The van der Waals surface area contributed by atoms with Crippen LogP contribution < -0.4 is 11.1 Å². The number of amides is 1. The van der Waals surface area contributed by atoms with Crippen molar-refractivity contribution in [2.24, 2.45) is 0 Å². The van der Waals surface area contributed by atoms with Crippen molar-refractivity contribution in [1.82, 2.24) is 15.2 Å². The van der Waals surface area contributed by atoms with Gasteiger partial charge in [0, 0.05) is 28.4 Å². The summed E-state index contributed by atoms with van der Waals surface area (Å²) in [6, 6.07) is 5.40. The van der Waals surface area contributed by atoms with Crippen LogP contribution in [0, 0.1) is 6.92 Å². The second kappa shape index (κ2) is 4.16. The Hall–Kier alpha value is -2.76. The van der Waals surface area contributed by atoms with Gasteiger partial charge in [0.15, 0.2) is 0 Å². The number of nitrogens with two attached hydrogens (primary N) is 1. The Bertz CT molecular complexity index is 755. The van der Waals surface area contributed by atoms with Gasteiger partial charge in [-0.1, -0.05) is 0 Å². The van der Waals surface area contributed by atoms with Gasteiger partial charge in [0.2, 0.25) is 0 Å². The lowest BCUT2D eigenvalue weighted by atomic mass is 10.1. The summed E-state index contributed by atoms with van der Waals surface area (Å²) in [6.07, 6.45) is 3.33. The van der Waals surface area contributed by atoms with Crippen LogP contribution in [0.2, 0.25) is 0 Å². The van der Waals surface area contributed by atoms with Crippen LogP contribution in [0.1, 0.15) is 15.9 Å². The summed E-state index contributed by atoms with van der Waals surface area (Å²) in [7, 11) is 0. The fourth-order valence-corrected chi connectivity index (χ4v) is 1.99. The van der Waals surface area contributed by atoms with E-state index in [-0.39, 0.29) is 5.91 Å². The second-order valence-corrected chi connectivity index (χ2v) is 4.39. The highest BCUT2D eigenvalue weighted by Gasteiger charge is 2.13. The van der Waals surface area contributed by atoms with Crippen molar-refractivity contribution in [2.75, 3.05) is 11.1 Å². The molecule has 6 nitrogen and oxygen atoms in total. The molecule has 3 aromatic rings. The molecule has 0 saturated carbocycles. The number of carbonyl (C=O) groups is 1. The predicted octanol–water partition coefficient (Wildman–Crippen LogP) is 2.03. The van der Waals surface area contributed by atoms with Gasteiger partial charge in [0.05, 0.1) is 11.8 Å². The quantitative estimate of drug-likeness (QED) is 0.527. The van der Waals surface area contributed by atoms with Crippen LogP contribution in [0.15, 0.2) is 30.6 Å². The van der Waals surface area contributed by atoms with Crippen molar-refractivity contribution in [3.05, 3.63) is 41.7 Å². The number of carbonyl (C=O) groups excluding carboxylic acids is 1. The van der Waals surface area contributed by atoms with Crippen LogP contribution >= 0.6 is 0 Å². The molecular weight excluding hydrogens is 242 g/mol. The number of anilines is 2. The van der Waals surface area contributed by atoms with Gasteiger partial charge in [0.25, 0.3) is 5.91 Å². The lowest BCUT2D eigenvalue weighted by Gasteiger charge is -2.02. The number of hydrogen-bond donors (Lipinski definition) is 4. The van der Waals surface area contributed by atoms with Gasteiger partial charge in [-0.05, 0) is 25.1 Å². The summed E-state index contributed by atoms with van der Waals surface area (Å²) >= 11 is 0. The van der Waals surface area contributed by atoms with Crippen molar-refractivity contribution in [1.29, 1.82) is 0 Å². The Labute approximate surface area is 109 Å². The number of aromatic amines is 2. The molecule has 0 aliphatic heterocycles. The molecule has 3 rings (SSSR count). The summed E-state index contributed by atoms with van der Waals surface area (Å²) in [6.45, 7) is 1.87. The first-order valence-electron chi connectivity index (χ1n) is 5.83. The Morgan fingerprint density at radius 3 is 3.00 bits per heavy atom. The Balaban J connectivity index is 1.96. The average Bonchev–Trinajstić information content (AvgIpc) is 2.96. The summed E-state index contributed by atoms with van der Waals surface area (Å²) < 4.78 is 0. The number of benzene rings is 1. The molecule has 1 aromatic carbocycles. The summed E-state index contributed by atoms with van der Waals surface area (Å²) in [5, 5.41) is 10.2. The van der Waals surface area contributed by atoms with Gasteiger partial charge < -0.3 is 16.0 Å². The van der Waals surface area contributed by atoms with E-state index in [0.29, 0.717) is 17.1 Å². The molecule has 0 spiro atoms. The zero-order valence-electron chi connectivity index (χ0n) is 10.3. The maximum absolute atomic E-state index is 12.2. The smallest absolute Gasteiger partial charge is 0.258 e. The molecule has 5 N–H and O–H groups in total. The normalized spacial score (nSPS) is 10.8. The van der Waals surface area contributed by atoms with Gasteiger partial charge in [-0.3, -0.25) is 9.89 Å². The third-order valence-electron chi connectivity index (χ3n) is 3.02. The molecule has 0 radical (unpaired) electrons. The number of nitrogens with one attached hydrogen (secondary N) is 3. The van der Waals surface area contributed by atoms with E-state index in [2.05, 4.69) is 20.5 Å². The molecule has 0 saturated heterocycles. The molecule has 6 heteroatoms. The van der Waals surface area contributed by atoms with Crippen LogP contribution in [0.5, 0.6) is 0 Å². The zero-order valence-corrected chi connectivity index (χ0v) is 10.3. The van der Waals surface area contributed by atoms with Crippen molar-refractivity contribution < 1.29 is 4.79 Å². The number of aryl methyl sites for hydroxylation is 1. The van der Waals surface area contributed by atoms with E-state index >= 15 is 0 Å². The zero-order chi connectivity index (χ0) is 13.4. The van der Waals surface area contributed by atoms with Crippen molar-refractivity contribution >= 4 is 28.3 Å². The van der Waals surface area contributed by atoms with E-state index in [1.165, 1.54) is 0 Å². The first-order valence-corrected chi connectivity index (χ1v) is 5.83. The largest absolute Gasteiger partial charge is 0.399 e. The van der Waals surface area contributed by atoms with Gasteiger partial charge in [-0.2, -0.15) is 5.10 Å². The molecule has 0 unspecified atom stereocenters. The molecule has 0 fully saturated rings. The minimum Gasteiger partial charge on any atom is -0.399 e. The standard InChI is InChI=1S/C13H13N5O/c1-7-5-16-18-12(7)17-13(19)10-6-15-11-4-8(14)2-3-9(10)11/h2-6,15H,14H2,1H3,(H2,16,17,18,19). The van der Waals surface area contributed by atoms with Gasteiger partial charge in [0.1, 0.15) is 5.82 Å². The van der Waals surface area contributed by atoms with E-state index in [1.807, 2.05) is 13.0 Å². The Morgan fingerprint density at radius 2 is 2.26 bits per heavy atom. The molecule has 2 heterocycles. The third kappa shape index (κ3) is 1.93. The average molecular weight is 255 g/mol. The van der Waals surface area contributed by atoms with Crippen LogP contribution in [0.3, 0.4) is 0 Å². The molecule has 0 aliphatic carbocycles. The number of H-pyrrole nitrogens is 2. The van der Waals surface area contributed by atoms with Gasteiger partial charge >= 0.3 is 0 Å². The van der Waals surface area contributed by atoms with Gasteiger partial charge in [-0.25, -0.2) is 0 Å². The Kier molecular flexibility index (Phi) is 2.49. The lowest BCUT2D eigenvalue weighted by Crippen LogP contribution is -2.12. The van der Waals surface area contributed by atoms with E-state index in [1.54, 1.807) is 24.5 Å². The fraction of sp³-hybridized carbons (Fsp3) is 0.0769. The SMILES string of the molecule is Cc1cn[nH]c1NC(=O)c1c[nH]c2cc(N)ccc12. The summed E-state index contributed by atoms with van der Waals surface area (Å²) in [5.41, 5.74) is 8.66. The number of aromatic nitrogens is 3. The number of hydrogen-bond acceptors (Lipinski definition) is 3. The van der Waals surface area contributed by atoms with E-state index in [4.69, 9.17) is 5.73 Å². The molecule has 19 heavy (non-hydrogen) atoms. The number of nitrogens with zero attached hydrogens (tertiary/aromatic N) is 1. The minimum atomic E-state index is -0.191. The summed E-state index contributed by atoms with van der Waals surface area (Å²) in [4.78, 5) is 15.3. The molecule has 1 amide bonds. The monoisotopic (exact) mass is 255 g/mol. The van der Waals surface area contributed by atoms with Crippen molar-refractivity contribution in [3.8, 4) is 0 Å². The number of nitrogen functional groups attached to an aromatic ring is 1. The third-order valence-corrected chi connectivity index (χ3v) is 3.02. The second-order valence-electron chi connectivity index (χ2n) is 4.39. The van der Waals surface area contributed by atoms with Crippen molar-refractivity contribution in [2.45, 2.75) is 6.92 Å². The van der Waals surface area contributed by atoms with Crippen LogP contribution in [0.25, 0.3) is 10.9 Å². The topological polar surface area (TPSA) is 99.6 Å². The fourth-order valence-electron chi connectivity index (χ4n) is 1.99.